The number of hydrogen-bond acceptors (Lipinski definition) is 4. The lowest BCUT2D eigenvalue weighted by atomic mass is 9.80. The van der Waals surface area contributed by atoms with E-state index in [4.69, 9.17) is 9.47 Å². The second-order valence-electron chi connectivity index (χ2n) is 5.50. The van der Waals surface area contributed by atoms with Gasteiger partial charge in [0.05, 0.1) is 12.1 Å². The van der Waals surface area contributed by atoms with Gasteiger partial charge in [0.15, 0.2) is 0 Å². The molecule has 1 aromatic carbocycles. The Morgan fingerprint density at radius 3 is 2.81 bits per heavy atom. The van der Waals surface area contributed by atoms with Crippen LogP contribution in [0.4, 0.5) is 0 Å². The molecule has 0 spiro atoms. The van der Waals surface area contributed by atoms with Gasteiger partial charge in [0, 0.05) is 11.6 Å². The van der Waals surface area contributed by atoms with Crippen molar-refractivity contribution in [3.05, 3.63) is 36.0 Å². The fourth-order valence-electron chi connectivity index (χ4n) is 2.64. The zero-order valence-electron chi connectivity index (χ0n) is 12.4. The van der Waals surface area contributed by atoms with Crippen molar-refractivity contribution in [1.82, 2.24) is 4.98 Å². The lowest BCUT2D eigenvalue weighted by Crippen LogP contribution is -2.51. The van der Waals surface area contributed by atoms with E-state index in [1.807, 2.05) is 38.1 Å². The van der Waals surface area contributed by atoms with Crippen LogP contribution < -0.4 is 4.74 Å². The van der Waals surface area contributed by atoms with E-state index in [1.165, 1.54) is 0 Å². The molecule has 0 saturated heterocycles. The maximum Gasteiger partial charge on any atom is 0.350 e. The van der Waals surface area contributed by atoms with Gasteiger partial charge in [-0.15, -0.1) is 0 Å². The maximum absolute atomic E-state index is 12.2. The van der Waals surface area contributed by atoms with E-state index < -0.39 is 5.60 Å². The average molecular weight is 285 g/mol. The number of carbonyl (C=O) groups is 1. The Morgan fingerprint density at radius 1 is 1.33 bits per heavy atom. The van der Waals surface area contributed by atoms with E-state index >= 15 is 0 Å². The Bertz CT molecular complexity index is 677. The summed E-state index contributed by atoms with van der Waals surface area (Å²) in [6, 6.07) is 7.84. The second-order valence-corrected chi connectivity index (χ2v) is 5.50. The summed E-state index contributed by atoms with van der Waals surface area (Å²) >= 11 is 0. The molecule has 1 heterocycles. The number of pyridine rings is 1. The van der Waals surface area contributed by atoms with Gasteiger partial charge < -0.3 is 9.47 Å². The van der Waals surface area contributed by atoms with Crippen LogP contribution in [0, 0.1) is 6.92 Å². The largest absolute Gasteiger partial charge is 0.475 e. The number of nitrogens with zero attached hydrogens (tertiary/aromatic N) is 1. The highest BCUT2D eigenvalue weighted by Crippen LogP contribution is 2.39. The van der Waals surface area contributed by atoms with Crippen LogP contribution in [0.15, 0.2) is 30.5 Å². The Kier molecular flexibility index (Phi) is 3.53. The average Bonchev–Trinajstić information content (AvgIpc) is 2.43. The number of benzene rings is 1. The van der Waals surface area contributed by atoms with E-state index in [0.29, 0.717) is 25.2 Å². The summed E-state index contributed by atoms with van der Waals surface area (Å²) in [4.78, 5) is 16.5. The topological polar surface area (TPSA) is 48.4 Å². The van der Waals surface area contributed by atoms with Gasteiger partial charge in [-0.25, -0.2) is 4.79 Å². The van der Waals surface area contributed by atoms with Gasteiger partial charge in [0.1, 0.15) is 5.75 Å². The predicted molar refractivity (Wildman–Crippen MR) is 80.3 cm³/mol. The van der Waals surface area contributed by atoms with Crippen molar-refractivity contribution in [2.24, 2.45) is 0 Å². The van der Waals surface area contributed by atoms with Gasteiger partial charge in [-0.3, -0.25) is 4.98 Å². The van der Waals surface area contributed by atoms with Crippen LogP contribution >= 0.6 is 0 Å². The third-order valence-electron chi connectivity index (χ3n) is 3.97. The highest BCUT2D eigenvalue weighted by atomic mass is 16.6. The van der Waals surface area contributed by atoms with Gasteiger partial charge in [-0.05, 0) is 51.3 Å². The number of rotatable bonds is 4. The summed E-state index contributed by atoms with van der Waals surface area (Å²) in [7, 11) is 0. The molecule has 1 fully saturated rings. The monoisotopic (exact) mass is 285 g/mol. The first-order chi connectivity index (χ1) is 10.1. The van der Waals surface area contributed by atoms with Gasteiger partial charge in [-0.1, -0.05) is 11.6 Å². The zero-order valence-corrected chi connectivity index (χ0v) is 12.4. The first kappa shape index (κ1) is 13.9. The molecule has 4 nitrogen and oxygen atoms in total. The number of fused-ring (bicyclic) bond motifs is 1. The lowest BCUT2D eigenvalue weighted by Gasteiger charge is -2.39. The van der Waals surface area contributed by atoms with E-state index in [0.717, 1.165) is 22.9 Å². The molecular formula is C17H19NO3. The molecule has 0 bridgehead atoms. The van der Waals surface area contributed by atoms with E-state index in [-0.39, 0.29) is 5.97 Å². The van der Waals surface area contributed by atoms with Gasteiger partial charge in [0.2, 0.25) is 5.60 Å². The molecule has 1 aliphatic rings. The third kappa shape index (κ3) is 2.46. The SMILES string of the molecule is CCOC(=O)C1(Oc2ccnc3ccc(C)cc23)CCC1. The van der Waals surface area contributed by atoms with Crippen LogP contribution in [0.25, 0.3) is 10.9 Å². The van der Waals surface area contributed by atoms with Crippen molar-refractivity contribution in [2.45, 2.75) is 38.7 Å². The van der Waals surface area contributed by atoms with Crippen LogP contribution in [0.1, 0.15) is 31.7 Å². The fourth-order valence-corrected chi connectivity index (χ4v) is 2.64. The summed E-state index contributed by atoms with van der Waals surface area (Å²) in [5.74, 6) is 0.449. The smallest absolute Gasteiger partial charge is 0.350 e. The van der Waals surface area contributed by atoms with Crippen molar-refractivity contribution < 1.29 is 14.3 Å². The number of hydrogen-bond donors (Lipinski definition) is 0. The molecule has 1 aromatic heterocycles. The van der Waals surface area contributed by atoms with Crippen molar-refractivity contribution >= 4 is 16.9 Å². The standard InChI is InChI=1S/C17H19NO3/c1-3-20-16(19)17(8-4-9-17)21-15-7-10-18-14-6-5-12(2)11-13(14)15/h5-7,10-11H,3-4,8-9H2,1-2H3. The lowest BCUT2D eigenvalue weighted by molar-refractivity contribution is -0.169. The first-order valence-electron chi connectivity index (χ1n) is 7.36. The minimum atomic E-state index is -0.811. The molecule has 2 aromatic rings. The molecule has 4 heteroatoms. The minimum absolute atomic E-state index is 0.256. The van der Waals surface area contributed by atoms with Crippen molar-refractivity contribution in [2.75, 3.05) is 6.61 Å². The summed E-state index contributed by atoms with van der Waals surface area (Å²) in [6.07, 6.45) is 4.12. The second kappa shape index (κ2) is 5.35. The Labute approximate surface area is 124 Å². The van der Waals surface area contributed by atoms with E-state index in [1.54, 1.807) is 6.20 Å². The van der Waals surface area contributed by atoms with Crippen LogP contribution in [0.2, 0.25) is 0 Å². The summed E-state index contributed by atoms with van der Waals surface area (Å²) < 4.78 is 11.3. The van der Waals surface area contributed by atoms with Crippen molar-refractivity contribution in [1.29, 1.82) is 0 Å². The van der Waals surface area contributed by atoms with Gasteiger partial charge >= 0.3 is 5.97 Å². The molecule has 0 N–H and O–H groups in total. The zero-order chi connectivity index (χ0) is 14.9. The highest BCUT2D eigenvalue weighted by molar-refractivity contribution is 5.87. The van der Waals surface area contributed by atoms with Gasteiger partial charge in [-0.2, -0.15) is 0 Å². The predicted octanol–water partition coefficient (Wildman–Crippen LogP) is 3.41. The first-order valence-corrected chi connectivity index (χ1v) is 7.36. The van der Waals surface area contributed by atoms with Crippen molar-refractivity contribution in [3.63, 3.8) is 0 Å². The van der Waals surface area contributed by atoms with Crippen LogP contribution in [0.5, 0.6) is 5.75 Å². The molecule has 21 heavy (non-hydrogen) atoms. The third-order valence-corrected chi connectivity index (χ3v) is 3.97. The fraction of sp³-hybridized carbons (Fsp3) is 0.412. The Morgan fingerprint density at radius 2 is 2.14 bits per heavy atom. The quantitative estimate of drug-likeness (QED) is 0.808. The summed E-state index contributed by atoms with van der Waals surface area (Å²) in [5, 5.41) is 0.938. The molecule has 0 radical (unpaired) electrons. The van der Waals surface area contributed by atoms with Crippen LogP contribution in [-0.2, 0) is 9.53 Å². The van der Waals surface area contributed by atoms with E-state index in [9.17, 15) is 4.79 Å². The van der Waals surface area contributed by atoms with Crippen LogP contribution in [0.3, 0.4) is 0 Å². The number of aromatic nitrogens is 1. The molecule has 110 valence electrons. The normalized spacial score (nSPS) is 16.3. The number of ether oxygens (including phenoxy) is 2. The molecule has 3 rings (SSSR count). The summed E-state index contributed by atoms with van der Waals surface area (Å²) in [6.45, 7) is 4.22. The Balaban J connectivity index is 1.97. The number of aryl methyl sites for hydroxylation is 1. The molecule has 0 atom stereocenters. The maximum atomic E-state index is 12.2. The molecule has 1 saturated carbocycles. The molecule has 1 aliphatic carbocycles. The molecule has 0 unspecified atom stereocenters. The van der Waals surface area contributed by atoms with Gasteiger partial charge in [0.25, 0.3) is 0 Å². The Hall–Kier alpha value is -2.10. The highest BCUT2D eigenvalue weighted by Gasteiger charge is 2.48. The molecule has 0 amide bonds. The van der Waals surface area contributed by atoms with Crippen molar-refractivity contribution in [3.8, 4) is 5.75 Å². The molecular weight excluding hydrogens is 266 g/mol. The van der Waals surface area contributed by atoms with E-state index in [2.05, 4.69) is 4.98 Å². The minimum Gasteiger partial charge on any atom is -0.475 e. The van der Waals surface area contributed by atoms with Crippen LogP contribution in [-0.4, -0.2) is 23.2 Å². The number of carbonyl (C=O) groups excluding carboxylic acids is 1. The molecule has 0 aliphatic heterocycles. The number of esters is 1. The summed E-state index contributed by atoms with van der Waals surface area (Å²) in [5.41, 5.74) is 1.20.